The van der Waals surface area contributed by atoms with E-state index in [1.165, 1.54) is 47.4 Å². The maximum Gasteiger partial charge on any atom is 0.417 e. The summed E-state index contributed by atoms with van der Waals surface area (Å²) in [5, 5.41) is 21.1. The van der Waals surface area contributed by atoms with E-state index in [4.69, 9.17) is 37.3 Å². The first-order chi connectivity index (χ1) is 72.8. The summed E-state index contributed by atoms with van der Waals surface area (Å²) in [5.41, 5.74) is 14.5. The molecule has 0 saturated carbocycles. The number of anilines is 1. The molecule has 5 atom stereocenters. The maximum atomic E-state index is 10.7. The number of allylic oxidation sites excluding steroid dienone is 7. The van der Waals surface area contributed by atoms with Gasteiger partial charge in [-0.25, -0.2) is 24.5 Å². The van der Waals surface area contributed by atoms with Crippen LogP contribution in [0.15, 0.2) is 410 Å². The number of benzene rings is 10. The van der Waals surface area contributed by atoms with Gasteiger partial charge in [0.2, 0.25) is 6.79 Å². The molecule has 0 saturated heterocycles. The Kier molecular flexibility index (Phi) is 76.4. The van der Waals surface area contributed by atoms with E-state index in [0.29, 0.717) is 42.6 Å². The van der Waals surface area contributed by atoms with Crippen LogP contribution in [0.2, 0.25) is 0 Å². The normalized spacial score (nSPS) is 14.4. The number of ether oxygens (including phenoxy) is 6. The highest BCUT2D eigenvalue weighted by Gasteiger charge is 2.23. The molecule has 10 aromatic carbocycles. The third-order valence-corrected chi connectivity index (χ3v) is 20.2. The van der Waals surface area contributed by atoms with Crippen molar-refractivity contribution in [2.75, 3.05) is 32.0 Å². The summed E-state index contributed by atoms with van der Waals surface area (Å²) in [6.07, 6.45) is 39.7. The first-order valence-corrected chi connectivity index (χ1v) is 53.7. The molecule has 6 aliphatic heterocycles. The Morgan fingerprint density at radius 3 is 1.56 bits per heavy atom. The van der Waals surface area contributed by atoms with Crippen LogP contribution in [0.3, 0.4) is 0 Å². The zero-order chi connectivity index (χ0) is 109. The number of para-hydroxylation sites is 13. The van der Waals surface area contributed by atoms with E-state index in [0.717, 1.165) is 104 Å². The number of nitrogens with zero attached hydrogens (tertiary/aromatic N) is 7. The van der Waals surface area contributed by atoms with Gasteiger partial charge in [0.15, 0.2) is 30.2 Å². The number of thiazole rings is 1. The summed E-state index contributed by atoms with van der Waals surface area (Å²) < 4.78 is 41.9. The maximum absolute atomic E-state index is 10.7. The average molecular weight is 2020 g/mol. The lowest BCUT2D eigenvalue weighted by Crippen LogP contribution is -2.18. The smallest absolute Gasteiger partial charge is 0.417 e. The van der Waals surface area contributed by atoms with Crippen molar-refractivity contribution in [3.05, 3.63) is 414 Å². The summed E-state index contributed by atoms with van der Waals surface area (Å²) in [6.45, 7) is 54.7. The number of pyridine rings is 1. The topological polar surface area (TPSA) is 264 Å². The lowest BCUT2D eigenvalue weighted by molar-refractivity contribution is 0.174. The minimum absolute atomic E-state index is 0.176. The molecule has 6 aromatic heterocycles. The number of rotatable bonds is 0. The Bertz CT molecular complexity index is 5710. The van der Waals surface area contributed by atoms with Crippen molar-refractivity contribution >= 4 is 88.5 Å². The van der Waals surface area contributed by atoms with Gasteiger partial charge in [0.1, 0.15) is 35.0 Å². The molecule has 10 aliphatic rings. The van der Waals surface area contributed by atoms with Crippen LogP contribution in [0.5, 0.6) is 23.0 Å². The molecule has 0 amide bonds. The Labute approximate surface area is 881 Å². The van der Waals surface area contributed by atoms with Crippen LogP contribution in [0.25, 0.3) is 65.1 Å². The number of aliphatic imine (C=N–C) groups is 1. The Morgan fingerprint density at radius 1 is 0.408 bits per heavy atom. The van der Waals surface area contributed by atoms with Gasteiger partial charge in [0, 0.05) is 40.8 Å². The Morgan fingerprint density at radius 2 is 0.946 bits per heavy atom. The number of aromatic amines is 3. The number of hydrogen-bond acceptors (Lipinski definition) is 19. The van der Waals surface area contributed by atoms with Crippen molar-refractivity contribution < 1.29 is 37.3 Å². The lowest BCUT2D eigenvalue weighted by atomic mass is 9.97. The molecule has 26 rings (SSSR count). The second kappa shape index (κ2) is 86.5. The molecule has 4 N–H and O–H groups in total. The van der Waals surface area contributed by atoms with Gasteiger partial charge in [-0.15, -0.1) is 11.3 Å². The molecule has 0 fully saturated rings. The van der Waals surface area contributed by atoms with E-state index in [1.54, 1.807) is 59.3 Å². The lowest BCUT2D eigenvalue weighted by Gasteiger charge is -2.10. The van der Waals surface area contributed by atoms with Crippen molar-refractivity contribution in [3.63, 3.8) is 0 Å². The van der Waals surface area contributed by atoms with Crippen LogP contribution in [0.1, 0.15) is 210 Å². The number of nitrogens with one attached hydrogen (secondary N) is 4. The number of aryl methyl sites for hydroxylation is 2. The molecule has 12 heterocycles. The zero-order valence-corrected chi connectivity index (χ0v) is 93.0. The third kappa shape index (κ3) is 48.5. The first-order valence-electron chi connectivity index (χ1n) is 52.8. The fourth-order valence-electron chi connectivity index (χ4n) is 13.2. The van der Waals surface area contributed by atoms with Crippen LogP contribution >= 0.6 is 11.3 Å². The Balaban J connectivity index is 0.000000781. The van der Waals surface area contributed by atoms with Crippen LogP contribution in [-0.2, 0) is 28.7 Å². The molecule has 22 heteroatoms. The van der Waals surface area contributed by atoms with Crippen LogP contribution in [0, 0.1) is 11.8 Å². The number of azo groups is 1. The SMILES string of the molecule is C1=CC2C=COC2=CC1.C1=CC2CN=NC2C=C1.C1=CC2N=COC2C=C1.CC.CC.CC.CC.CC.CC.CC.CC.CC.CC.CC.CC.CC.O=c1[nH]c2ccccc2o1.O=c1ccc2ccccc2o1.c1ccc2[nH]cnc2c1.c1ccc2[nH]ncc2c1.c1ccc2c(c1)CCC2.c1ccc2c(c1)CCO2.c1ccc2c(c1)NCO2.c1ccc2c(c1)OCO2.c1ccc2ncccc2c1.c1ccc2scnc2c1. The fraction of sp³-hybridized carbons (Fsp3) is 0.320. The molecule has 5 unspecified atom stereocenters. The number of oxazole rings is 1. The number of hydrogen-bond donors (Lipinski definition) is 4. The van der Waals surface area contributed by atoms with Crippen molar-refractivity contribution in [1.82, 2.24) is 35.1 Å². The van der Waals surface area contributed by atoms with Gasteiger partial charge in [0.25, 0.3) is 0 Å². The first kappa shape index (κ1) is 130. The van der Waals surface area contributed by atoms with Crippen LogP contribution in [0.4, 0.5) is 5.69 Å². The van der Waals surface area contributed by atoms with Gasteiger partial charge >= 0.3 is 11.4 Å². The molecular formula is C125H167N11O10S. The number of fused-ring (bicyclic) bond motifs is 13. The van der Waals surface area contributed by atoms with Gasteiger partial charge in [-0.1, -0.05) is 398 Å². The van der Waals surface area contributed by atoms with Gasteiger partial charge in [0.05, 0.1) is 92.9 Å². The van der Waals surface area contributed by atoms with E-state index in [-0.39, 0.29) is 17.8 Å². The predicted octanol–water partition coefficient (Wildman–Crippen LogP) is 35.0. The standard InChI is InChI=1S/C9H7N.C9H6O2.C9H10.2C8H8O.C7H6N2.C7H8N2.C7H6N2.C7H5NO2.2C7H7NO.C7H5NS.C7H6O2.13C2H6/c1-2-6-9-8(4-1)5-3-7-10-9;10-9-6-5-7-3-1-2-4-8(7)11-9;1-2-5-9-7-3-6-8(9)4-1;2*1-2-4-8-7(3-1)5-6-9-8;1-2-4-7-6(3-1)8-5-9-7;2*1-2-4-7-6(3-1)5-8-9-7;9-7-8-5-3-1-2-4-6(5)10-7;4*1-2-4-7-6(3-1)8-5-9-7;13*1-2/h1-7H;1-6H;1-2,4-5H,3,6-7H2;1,3-7H,2H2;1-4H,5-6H2;1-5H,(H,8,9);1-4,6-7H,5H2;1-5H,(H,8,9);1-4H,(H,8,9);1-4,8H,5H2;1-7H;1-5H;1-4H,5H2;13*1-2H3. The monoisotopic (exact) mass is 2010 g/mol. The summed E-state index contributed by atoms with van der Waals surface area (Å²) in [5.74, 6) is 5.41. The van der Waals surface area contributed by atoms with E-state index < -0.39 is 5.76 Å². The van der Waals surface area contributed by atoms with Crippen molar-refractivity contribution in [1.29, 1.82) is 0 Å². The molecule has 788 valence electrons. The van der Waals surface area contributed by atoms with Crippen molar-refractivity contribution in [2.45, 2.75) is 230 Å². The number of imidazole rings is 1. The van der Waals surface area contributed by atoms with Crippen molar-refractivity contribution in [3.8, 4) is 23.0 Å². The highest BCUT2D eigenvalue weighted by molar-refractivity contribution is 7.16. The third-order valence-electron chi connectivity index (χ3n) is 19.4. The molecule has 0 spiro atoms. The molecule has 0 bridgehead atoms. The predicted molar refractivity (Wildman–Crippen MR) is 629 cm³/mol. The highest BCUT2D eigenvalue weighted by atomic mass is 32.1. The number of H-pyrrole nitrogens is 3. The van der Waals surface area contributed by atoms with E-state index in [1.807, 2.05) is 416 Å². The molecule has 21 nitrogen and oxygen atoms in total. The average Bonchev–Trinajstić information content (AvgIpc) is 1.82. The summed E-state index contributed by atoms with van der Waals surface area (Å²) in [7, 11) is 0. The van der Waals surface area contributed by atoms with E-state index in [2.05, 4.69) is 147 Å². The van der Waals surface area contributed by atoms with E-state index >= 15 is 0 Å². The van der Waals surface area contributed by atoms with Gasteiger partial charge in [-0.3, -0.25) is 15.1 Å². The second-order valence-corrected chi connectivity index (χ2v) is 28.4. The zero-order valence-electron chi connectivity index (χ0n) is 92.2. The molecular weight excluding hydrogens is 1850 g/mol. The van der Waals surface area contributed by atoms with Gasteiger partial charge in [-0.05, 0) is 158 Å². The van der Waals surface area contributed by atoms with Crippen LogP contribution in [-0.4, -0.2) is 86.4 Å². The quantitative estimate of drug-likeness (QED) is 0.0812. The summed E-state index contributed by atoms with van der Waals surface area (Å²) in [4.78, 5) is 43.3. The molecule has 16 aromatic rings. The summed E-state index contributed by atoms with van der Waals surface area (Å²) in [6, 6.07) is 87.0. The highest BCUT2D eigenvalue weighted by Crippen LogP contribution is 2.32. The van der Waals surface area contributed by atoms with Crippen LogP contribution < -0.4 is 35.6 Å². The second-order valence-electron chi connectivity index (χ2n) is 27.6. The van der Waals surface area contributed by atoms with E-state index in [9.17, 15) is 9.59 Å². The minimum atomic E-state index is -0.402. The largest absolute Gasteiger partial charge is 0.493 e. The molecule has 0 radical (unpaired) electrons. The molecule has 4 aliphatic carbocycles. The van der Waals surface area contributed by atoms with Gasteiger partial charge < -0.3 is 47.6 Å². The number of aromatic nitrogens is 7. The molecule has 147 heavy (non-hydrogen) atoms. The Hall–Kier alpha value is -15.0. The minimum Gasteiger partial charge on any atom is -0.493 e. The van der Waals surface area contributed by atoms with Crippen molar-refractivity contribution in [2.24, 2.45) is 27.1 Å². The van der Waals surface area contributed by atoms with Gasteiger partial charge in [-0.2, -0.15) is 15.3 Å². The summed E-state index contributed by atoms with van der Waals surface area (Å²) >= 11 is 1.68. The fourth-order valence-corrected chi connectivity index (χ4v) is 13.9.